The molecule has 5 nitrogen and oxygen atoms in total. The normalized spacial score (nSPS) is 12.2. The Morgan fingerprint density at radius 2 is 1.80 bits per heavy atom. The summed E-state index contributed by atoms with van der Waals surface area (Å²) in [6.45, 7) is 7.45. The van der Waals surface area contributed by atoms with E-state index in [-0.39, 0.29) is 25.0 Å². The van der Waals surface area contributed by atoms with Gasteiger partial charge in [0.15, 0.2) is 6.61 Å². The summed E-state index contributed by atoms with van der Waals surface area (Å²) in [5, 5.41) is 3.33. The van der Waals surface area contributed by atoms with Crippen molar-refractivity contribution in [3.8, 4) is 5.75 Å². The van der Waals surface area contributed by atoms with Gasteiger partial charge in [-0.05, 0) is 63.6 Å². The number of hydrogen-bond donors (Lipinski definition) is 1. The maximum atomic E-state index is 13.1. The predicted molar refractivity (Wildman–Crippen MR) is 127 cm³/mol. The lowest BCUT2D eigenvalue weighted by Crippen LogP contribution is -2.53. The largest absolute Gasteiger partial charge is 0.482 e. The fourth-order valence-corrected chi connectivity index (χ4v) is 3.88. The average molecular weight is 561 g/mol. The molecule has 0 unspecified atom stereocenters. The van der Waals surface area contributed by atoms with Crippen molar-refractivity contribution in [2.45, 2.75) is 45.8 Å². The van der Waals surface area contributed by atoms with Crippen molar-refractivity contribution in [1.29, 1.82) is 0 Å². The summed E-state index contributed by atoms with van der Waals surface area (Å²) in [5.74, 6) is -0.138. The molecule has 0 bridgehead atoms. The second kappa shape index (κ2) is 10.6. The van der Waals surface area contributed by atoms with Crippen molar-refractivity contribution in [2.24, 2.45) is 0 Å². The highest BCUT2D eigenvalue weighted by Crippen LogP contribution is 2.28. The molecule has 2 aromatic rings. The highest BCUT2D eigenvalue weighted by Gasteiger charge is 2.28. The third kappa shape index (κ3) is 7.60. The molecule has 0 spiro atoms. The number of hydrogen-bond acceptors (Lipinski definition) is 3. The Hall–Kier alpha value is -1.57. The molecule has 2 rings (SSSR count). The predicted octanol–water partition coefficient (Wildman–Crippen LogP) is 5.58. The lowest BCUT2D eigenvalue weighted by atomic mass is 10.1. The Morgan fingerprint density at radius 3 is 2.40 bits per heavy atom. The van der Waals surface area contributed by atoms with Gasteiger partial charge in [-0.2, -0.15) is 0 Å². The number of halogens is 3. The van der Waals surface area contributed by atoms with Gasteiger partial charge in [-0.15, -0.1) is 0 Å². The lowest BCUT2D eigenvalue weighted by molar-refractivity contribution is -0.142. The van der Waals surface area contributed by atoms with Crippen molar-refractivity contribution in [3.05, 3.63) is 62.0 Å². The van der Waals surface area contributed by atoms with Crippen LogP contribution >= 0.6 is 43.5 Å². The summed E-state index contributed by atoms with van der Waals surface area (Å²) in [6, 6.07) is 12.1. The first-order chi connectivity index (χ1) is 14.0. The van der Waals surface area contributed by atoms with Crippen molar-refractivity contribution >= 4 is 55.3 Å². The zero-order valence-corrected chi connectivity index (χ0v) is 21.3. The number of nitrogens with zero attached hydrogens (tertiary/aromatic N) is 1. The minimum Gasteiger partial charge on any atom is -0.482 e. The van der Waals surface area contributed by atoms with Crippen LogP contribution in [-0.4, -0.2) is 34.9 Å². The molecule has 2 amide bonds. The quantitative estimate of drug-likeness (QED) is 0.481. The summed E-state index contributed by atoms with van der Waals surface area (Å²) in [4.78, 5) is 27.3. The molecule has 0 saturated heterocycles. The van der Waals surface area contributed by atoms with Crippen LogP contribution in [0.2, 0.25) is 5.02 Å². The molecule has 0 aliphatic carbocycles. The third-order valence-corrected chi connectivity index (χ3v) is 5.43. The van der Waals surface area contributed by atoms with E-state index < -0.39 is 11.6 Å². The van der Waals surface area contributed by atoms with Gasteiger partial charge in [0.05, 0.1) is 5.02 Å². The van der Waals surface area contributed by atoms with Crippen LogP contribution in [0.3, 0.4) is 0 Å². The van der Waals surface area contributed by atoms with Gasteiger partial charge in [0, 0.05) is 21.0 Å². The van der Waals surface area contributed by atoms with Gasteiger partial charge in [-0.25, -0.2) is 0 Å². The van der Waals surface area contributed by atoms with E-state index in [4.69, 9.17) is 16.3 Å². The van der Waals surface area contributed by atoms with E-state index in [9.17, 15) is 9.59 Å². The molecule has 1 N–H and O–H groups in total. The van der Waals surface area contributed by atoms with E-state index >= 15 is 0 Å². The van der Waals surface area contributed by atoms with E-state index in [1.807, 2.05) is 45.0 Å². The monoisotopic (exact) mass is 558 g/mol. The minimum atomic E-state index is -0.681. The van der Waals surface area contributed by atoms with Gasteiger partial charge >= 0.3 is 0 Å². The summed E-state index contributed by atoms with van der Waals surface area (Å²) in [7, 11) is 0. The van der Waals surface area contributed by atoms with Crippen LogP contribution in [0.1, 0.15) is 33.3 Å². The minimum absolute atomic E-state index is 0.229. The van der Waals surface area contributed by atoms with Crippen LogP contribution in [-0.2, 0) is 16.1 Å². The fourth-order valence-electron chi connectivity index (χ4n) is 2.70. The summed E-state index contributed by atoms with van der Waals surface area (Å²) in [6.07, 6.45) is 0. The summed E-state index contributed by atoms with van der Waals surface area (Å²) >= 11 is 13.0. The van der Waals surface area contributed by atoms with E-state index in [1.165, 1.54) is 4.90 Å². The third-order valence-electron chi connectivity index (χ3n) is 4.15. The second-order valence-electron chi connectivity index (χ2n) is 7.93. The van der Waals surface area contributed by atoms with E-state index in [0.29, 0.717) is 10.8 Å². The van der Waals surface area contributed by atoms with Crippen molar-refractivity contribution in [1.82, 2.24) is 10.2 Å². The average Bonchev–Trinajstić information content (AvgIpc) is 2.63. The number of nitrogens with one attached hydrogen (secondary N) is 1. The van der Waals surface area contributed by atoms with Crippen LogP contribution in [0.5, 0.6) is 5.75 Å². The van der Waals surface area contributed by atoms with Gasteiger partial charge in [-0.3, -0.25) is 9.59 Å². The standard InChI is InChI=1S/C22H25Br2ClN2O3/c1-14(21(29)26-22(2,3)4)27(12-15-6-5-7-16(23)10-15)20(28)13-30-19-9-8-17(24)11-18(19)25/h5-11,14H,12-13H2,1-4H3,(H,26,29)/t14-/m0/s1. The Bertz CT molecular complexity index is 915. The maximum Gasteiger partial charge on any atom is 0.261 e. The van der Waals surface area contributed by atoms with Crippen molar-refractivity contribution < 1.29 is 14.3 Å². The van der Waals surface area contributed by atoms with Crippen LogP contribution in [0, 0.1) is 0 Å². The molecule has 0 radical (unpaired) electrons. The van der Waals surface area contributed by atoms with Crippen LogP contribution in [0.15, 0.2) is 51.4 Å². The molecular formula is C22H25Br2ClN2O3. The molecule has 162 valence electrons. The number of benzene rings is 2. The molecule has 0 heterocycles. The fraction of sp³-hybridized carbons (Fsp3) is 0.364. The van der Waals surface area contributed by atoms with E-state index in [1.54, 1.807) is 25.1 Å². The zero-order valence-electron chi connectivity index (χ0n) is 17.3. The van der Waals surface area contributed by atoms with Gasteiger partial charge in [0.25, 0.3) is 5.91 Å². The molecule has 2 aromatic carbocycles. The number of ether oxygens (including phenoxy) is 1. The van der Waals surface area contributed by atoms with Gasteiger partial charge in [-0.1, -0.05) is 55.6 Å². The maximum absolute atomic E-state index is 13.1. The van der Waals surface area contributed by atoms with Gasteiger partial charge < -0.3 is 15.0 Å². The highest BCUT2D eigenvalue weighted by atomic mass is 79.9. The number of amides is 2. The molecule has 0 fully saturated rings. The van der Waals surface area contributed by atoms with E-state index in [0.717, 1.165) is 14.5 Å². The van der Waals surface area contributed by atoms with Crippen LogP contribution in [0.25, 0.3) is 0 Å². The second-order valence-corrected chi connectivity index (χ2v) is 10.2. The van der Waals surface area contributed by atoms with E-state index in [2.05, 4.69) is 37.2 Å². The number of rotatable bonds is 7. The van der Waals surface area contributed by atoms with Gasteiger partial charge in [0.2, 0.25) is 5.91 Å². The summed E-state index contributed by atoms with van der Waals surface area (Å²) in [5.41, 5.74) is 0.493. The smallest absolute Gasteiger partial charge is 0.261 e. The van der Waals surface area contributed by atoms with Crippen LogP contribution in [0.4, 0.5) is 0 Å². The molecule has 0 aliphatic heterocycles. The summed E-state index contributed by atoms with van der Waals surface area (Å²) < 4.78 is 7.36. The molecule has 0 aromatic heterocycles. The van der Waals surface area contributed by atoms with Crippen molar-refractivity contribution in [3.63, 3.8) is 0 Å². The first-order valence-corrected chi connectivity index (χ1v) is 11.4. The first-order valence-electron chi connectivity index (χ1n) is 9.40. The Morgan fingerprint density at radius 1 is 1.13 bits per heavy atom. The Balaban J connectivity index is 2.20. The lowest BCUT2D eigenvalue weighted by Gasteiger charge is -2.31. The Kier molecular flexibility index (Phi) is 8.76. The zero-order chi connectivity index (χ0) is 22.5. The van der Waals surface area contributed by atoms with Gasteiger partial charge in [0.1, 0.15) is 11.8 Å². The number of carbonyl (C=O) groups is 2. The molecular weight excluding hydrogens is 536 g/mol. The molecule has 30 heavy (non-hydrogen) atoms. The van der Waals surface area contributed by atoms with Crippen LogP contribution < -0.4 is 10.1 Å². The highest BCUT2D eigenvalue weighted by molar-refractivity contribution is 9.10. The number of carbonyl (C=O) groups excluding carboxylic acids is 2. The molecule has 1 atom stereocenters. The van der Waals surface area contributed by atoms with Crippen molar-refractivity contribution in [2.75, 3.05) is 6.61 Å². The topological polar surface area (TPSA) is 58.6 Å². The SMILES string of the molecule is C[C@@H](C(=O)NC(C)(C)C)N(Cc1cccc(Br)c1)C(=O)COc1ccc(Br)cc1Cl. The first kappa shape index (κ1) is 24.7. The molecule has 8 heteroatoms. The molecule has 0 saturated carbocycles. The molecule has 0 aliphatic rings. The Labute approximate surface area is 199 Å².